The summed E-state index contributed by atoms with van der Waals surface area (Å²) in [6.45, 7) is 8.43. The Morgan fingerprint density at radius 1 is 0.312 bits per heavy atom. The number of fused-ring (bicyclic) bond motifs is 2. The maximum atomic E-state index is 2.20. The molecule has 5 aromatic carbocycles. The Bertz CT molecular complexity index is 1120. The van der Waals surface area contributed by atoms with Gasteiger partial charge in [-0.1, -0.05) is 146 Å². The summed E-state index contributed by atoms with van der Waals surface area (Å²) in [4.78, 5) is 0. The Kier molecular flexibility index (Phi) is 10.9. The highest BCUT2D eigenvalue weighted by Crippen LogP contribution is 2.15. The monoisotopic (exact) mass is 422 g/mol. The minimum atomic E-state index is 0. The lowest BCUT2D eigenvalue weighted by molar-refractivity contribution is 1.40. The van der Waals surface area contributed by atoms with E-state index in [1.165, 1.54) is 43.8 Å². The normalized spacial score (nSPS) is 9.38. The van der Waals surface area contributed by atoms with Crippen LogP contribution in [0.5, 0.6) is 0 Å². The summed E-state index contributed by atoms with van der Waals surface area (Å²) in [6, 6.07) is 38.3. The highest BCUT2D eigenvalue weighted by Gasteiger charge is 1.90. The summed E-state index contributed by atoms with van der Waals surface area (Å²) in [7, 11) is 0. The van der Waals surface area contributed by atoms with Gasteiger partial charge in [0.05, 0.1) is 0 Å². The smallest absolute Gasteiger partial charge is 0.0181 e. The molecule has 0 saturated heterocycles. The summed E-state index contributed by atoms with van der Waals surface area (Å²) >= 11 is 0. The molecular formula is C32H38. The van der Waals surface area contributed by atoms with Crippen molar-refractivity contribution in [2.75, 3.05) is 0 Å². The molecule has 0 aliphatic rings. The second-order valence-corrected chi connectivity index (χ2v) is 7.86. The summed E-state index contributed by atoms with van der Waals surface area (Å²) < 4.78 is 0. The third-order valence-electron chi connectivity index (χ3n) is 5.03. The molecule has 0 radical (unpaired) electrons. The molecule has 32 heavy (non-hydrogen) atoms. The van der Waals surface area contributed by atoms with Crippen LogP contribution in [0, 0.1) is 27.7 Å². The van der Waals surface area contributed by atoms with E-state index in [2.05, 4.69) is 137 Å². The van der Waals surface area contributed by atoms with Crippen LogP contribution < -0.4 is 0 Å². The first-order valence-corrected chi connectivity index (χ1v) is 10.5. The molecule has 0 N–H and O–H groups in total. The molecule has 0 bridgehead atoms. The molecule has 0 aliphatic heterocycles. The quantitative estimate of drug-likeness (QED) is 0.233. The van der Waals surface area contributed by atoms with Crippen molar-refractivity contribution in [3.63, 3.8) is 0 Å². The molecule has 0 aromatic heterocycles. The average molecular weight is 423 g/mol. The molecule has 0 atom stereocenters. The Hall–Kier alpha value is -3.38. The van der Waals surface area contributed by atoms with E-state index in [1.54, 1.807) is 0 Å². The molecule has 0 nitrogen and oxygen atoms in total. The molecule has 166 valence electrons. The number of rotatable bonds is 0. The summed E-state index contributed by atoms with van der Waals surface area (Å²) in [5.41, 5.74) is 5.30. The SMILES string of the molecule is C.C.Cc1ccc(C)cc1.Cc1ccc2ccccc2c1.Cc1ccc2ccccc2c1. The molecule has 5 rings (SSSR count). The van der Waals surface area contributed by atoms with Gasteiger partial charge in [-0.25, -0.2) is 0 Å². The Morgan fingerprint density at radius 2 is 0.594 bits per heavy atom. The summed E-state index contributed by atoms with van der Waals surface area (Å²) in [5.74, 6) is 0. The third-order valence-corrected chi connectivity index (χ3v) is 5.03. The fourth-order valence-electron chi connectivity index (χ4n) is 3.25. The van der Waals surface area contributed by atoms with Gasteiger partial charge in [0.25, 0.3) is 0 Å². The van der Waals surface area contributed by atoms with Gasteiger partial charge in [0, 0.05) is 0 Å². The molecule has 0 amide bonds. The topological polar surface area (TPSA) is 0 Å². The first-order valence-electron chi connectivity index (χ1n) is 10.5. The first-order chi connectivity index (χ1) is 14.5. The Balaban J connectivity index is 0.000000236. The van der Waals surface area contributed by atoms with E-state index >= 15 is 0 Å². The largest absolute Gasteiger partial charge is 0.0776 e. The maximum absolute atomic E-state index is 2.20. The Labute approximate surface area is 195 Å². The van der Waals surface area contributed by atoms with Crippen LogP contribution in [-0.4, -0.2) is 0 Å². The Morgan fingerprint density at radius 3 is 0.938 bits per heavy atom. The number of hydrogen-bond acceptors (Lipinski definition) is 0. The van der Waals surface area contributed by atoms with Gasteiger partial charge in [-0.05, 0) is 49.2 Å². The standard InChI is InChI=1S/2C11H10.C8H10.2CH4/c2*1-9-6-7-10-4-2-3-5-11(10)8-9;1-7-3-5-8(2)6-4-7;;/h2*2-8H,1H3;3-6H,1-2H3;2*1H4. The van der Waals surface area contributed by atoms with Gasteiger partial charge in [0.1, 0.15) is 0 Å². The van der Waals surface area contributed by atoms with E-state index in [-0.39, 0.29) is 14.9 Å². The van der Waals surface area contributed by atoms with Crippen molar-refractivity contribution in [1.29, 1.82) is 0 Å². The highest BCUT2D eigenvalue weighted by atomic mass is 14.0. The molecule has 5 aromatic rings. The fraction of sp³-hybridized carbons (Fsp3) is 0.188. The second kappa shape index (κ2) is 13.1. The van der Waals surface area contributed by atoms with E-state index in [9.17, 15) is 0 Å². The number of hydrogen-bond donors (Lipinski definition) is 0. The predicted octanol–water partition coefficient (Wildman–Crippen LogP) is 9.87. The zero-order valence-corrected chi connectivity index (χ0v) is 18.4. The lowest BCUT2D eigenvalue weighted by Crippen LogP contribution is -1.73. The minimum absolute atomic E-state index is 0. The molecule has 0 saturated carbocycles. The average Bonchev–Trinajstić information content (AvgIpc) is 2.76. The number of benzene rings is 5. The van der Waals surface area contributed by atoms with Crippen molar-refractivity contribution < 1.29 is 0 Å². The second-order valence-electron chi connectivity index (χ2n) is 7.86. The summed E-state index contributed by atoms with van der Waals surface area (Å²) in [6.07, 6.45) is 0. The fourth-order valence-corrected chi connectivity index (χ4v) is 3.25. The summed E-state index contributed by atoms with van der Waals surface area (Å²) in [5, 5.41) is 5.29. The third kappa shape index (κ3) is 8.04. The minimum Gasteiger partial charge on any atom is -0.0776 e. The molecule has 0 unspecified atom stereocenters. The predicted molar refractivity (Wildman–Crippen MR) is 147 cm³/mol. The van der Waals surface area contributed by atoms with Crippen LogP contribution in [0.2, 0.25) is 0 Å². The molecular weight excluding hydrogens is 384 g/mol. The van der Waals surface area contributed by atoms with E-state index in [1.807, 2.05) is 0 Å². The van der Waals surface area contributed by atoms with Crippen LogP contribution in [0.1, 0.15) is 37.1 Å². The van der Waals surface area contributed by atoms with Gasteiger partial charge in [-0.3, -0.25) is 0 Å². The van der Waals surface area contributed by atoms with Crippen molar-refractivity contribution in [1.82, 2.24) is 0 Å². The van der Waals surface area contributed by atoms with Gasteiger partial charge in [0.2, 0.25) is 0 Å². The highest BCUT2D eigenvalue weighted by molar-refractivity contribution is 5.83. The zero-order chi connectivity index (χ0) is 21.3. The lowest BCUT2D eigenvalue weighted by atomic mass is 10.1. The van der Waals surface area contributed by atoms with Crippen molar-refractivity contribution in [2.45, 2.75) is 42.5 Å². The molecule has 0 spiro atoms. The van der Waals surface area contributed by atoms with Crippen molar-refractivity contribution in [3.8, 4) is 0 Å². The van der Waals surface area contributed by atoms with Gasteiger partial charge in [-0.15, -0.1) is 0 Å². The van der Waals surface area contributed by atoms with Gasteiger partial charge in [0.15, 0.2) is 0 Å². The van der Waals surface area contributed by atoms with Crippen LogP contribution in [-0.2, 0) is 0 Å². The lowest BCUT2D eigenvalue weighted by Gasteiger charge is -1.96. The van der Waals surface area contributed by atoms with E-state index in [0.717, 1.165) is 0 Å². The van der Waals surface area contributed by atoms with E-state index in [0.29, 0.717) is 0 Å². The zero-order valence-electron chi connectivity index (χ0n) is 18.4. The van der Waals surface area contributed by atoms with E-state index < -0.39 is 0 Å². The van der Waals surface area contributed by atoms with E-state index in [4.69, 9.17) is 0 Å². The van der Waals surface area contributed by atoms with Crippen molar-refractivity contribution in [2.24, 2.45) is 0 Å². The van der Waals surface area contributed by atoms with Crippen molar-refractivity contribution in [3.05, 3.63) is 131 Å². The molecule has 0 heteroatoms. The van der Waals surface area contributed by atoms with Crippen LogP contribution >= 0.6 is 0 Å². The number of aryl methyl sites for hydroxylation is 4. The van der Waals surface area contributed by atoms with Gasteiger partial charge < -0.3 is 0 Å². The first kappa shape index (κ1) is 26.7. The van der Waals surface area contributed by atoms with Gasteiger partial charge in [-0.2, -0.15) is 0 Å². The van der Waals surface area contributed by atoms with Crippen LogP contribution in [0.15, 0.2) is 109 Å². The molecule has 0 heterocycles. The van der Waals surface area contributed by atoms with Crippen LogP contribution in [0.4, 0.5) is 0 Å². The van der Waals surface area contributed by atoms with Crippen LogP contribution in [0.3, 0.4) is 0 Å². The van der Waals surface area contributed by atoms with Crippen molar-refractivity contribution >= 4 is 21.5 Å². The van der Waals surface area contributed by atoms with Gasteiger partial charge >= 0.3 is 0 Å². The molecule has 0 fully saturated rings. The van der Waals surface area contributed by atoms with Crippen LogP contribution in [0.25, 0.3) is 21.5 Å². The molecule has 0 aliphatic carbocycles. The maximum Gasteiger partial charge on any atom is -0.0181 e.